The molecule has 0 aliphatic carbocycles. The van der Waals surface area contributed by atoms with Gasteiger partial charge in [0.25, 0.3) is 0 Å². The van der Waals surface area contributed by atoms with Gasteiger partial charge in [0.15, 0.2) is 0 Å². The van der Waals surface area contributed by atoms with Crippen LogP contribution in [-0.2, 0) is 6.18 Å². The number of hydrogen-bond donors (Lipinski definition) is 3. The number of anilines is 1. The van der Waals surface area contributed by atoms with Crippen molar-refractivity contribution >= 4 is 27.5 Å². The van der Waals surface area contributed by atoms with Gasteiger partial charge < -0.3 is 16.3 Å². The maximum Gasteiger partial charge on any atom is 0.416 e. The van der Waals surface area contributed by atoms with Crippen LogP contribution in [0.4, 0.5) is 18.9 Å². The lowest BCUT2D eigenvalue weighted by atomic mass is 10.1. The highest BCUT2D eigenvalue weighted by molar-refractivity contribution is 9.10. The van der Waals surface area contributed by atoms with Crippen molar-refractivity contribution in [1.82, 2.24) is 0 Å². The van der Waals surface area contributed by atoms with Gasteiger partial charge in [0.05, 0.1) is 5.56 Å². The summed E-state index contributed by atoms with van der Waals surface area (Å²) >= 11 is 3.17. The predicted octanol–water partition coefficient (Wildman–Crippen LogP) is 3.40. The third-order valence-corrected chi connectivity index (χ3v) is 3.03. The number of amidine groups is 1. The van der Waals surface area contributed by atoms with Crippen molar-refractivity contribution in [2.45, 2.75) is 25.6 Å². The molecule has 0 aliphatic rings. The zero-order valence-electron chi connectivity index (χ0n) is 10.0. The summed E-state index contributed by atoms with van der Waals surface area (Å²) in [6.45, 7) is 1.71. The molecule has 1 rings (SSSR count). The molecule has 0 amide bonds. The fraction of sp³-hybridized carbons (Fsp3) is 0.364. The Kier molecular flexibility index (Phi) is 5.04. The van der Waals surface area contributed by atoms with Gasteiger partial charge in [-0.1, -0.05) is 5.16 Å². The van der Waals surface area contributed by atoms with Crippen LogP contribution in [0, 0.1) is 0 Å². The van der Waals surface area contributed by atoms with Crippen molar-refractivity contribution in [1.29, 1.82) is 0 Å². The lowest BCUT2D eigenvalue weighted by Crippen LogP contribution is -2.24. The lowest BCUT2D eigenvalue weighted by molar-refractivity contribution is -0.137. The van der Waals surface area contributed by atoms with Crippen LogP contribution in [0.2, 0.25) is 0 Å². The van der Waals surface area contributed by atoms with E-state index in [2.05, 4.69) is 26.4 Å². The Balaban J connectivity index is 2.88. The van der Waals surface area contributed by atoms with E-state index < -0.39 is 11.7 Å². The number of rotatable bonds is 4. The molecule has 0 spiro atoms. The Morgan fingerprint density at radius 1 is 1.53 bits per heavy atom. The maximum absolute atomic E-state index is 12.6. The highest BCUT2D eigenvalue weighted by Gasteiger charge is 2.31. The van der Waals surface area contributed by atoms with Crippen LogP contribution >= 0.6 is 15.9 Å². The Morgan fingerprint density at radius 2 is 2.16 bits per heavy atom. The number of nitrogens with zero attached hydrogens (tertiary/aromatic N) is 1. The largest absolute Gasteiger partial charge is 0.416 e. The number of nitrogens with one attached hydrogen (secondary N) is 1. The molecule has 19 heavy (non-hydrogen) atoms. The first-order chi connectivity index (χ1) is 8.74. The Hall–Kier alpha value is -1.44. The standard InChI is InChI=1S/C11H13BrF3N3O/c1-6(4-10(16)18-19)17-9-5-7(11(13,14)15)2-3-8(9)12/h2-3,5-6,17,19H,4H2,1H3,(H2,16,18). The second kappa shape index (κ2) is 6.14. The van der Waals surface area contributed by atoms with E-state index in [9.17, 15) is 13.2 Å². The molecule has 0 aliphatic heterocycles. The lowest BCUT2D eigenvalue weighted by Gasteiger charge is -2.17. The molecule has 0 heterocycles. The van der Waals surface area contributed by atoms with Gasteiger partial charge in [-0.05, 0) is 41.1 Å². The van der Waals surface area contributed by atoms with Gasteiger partial charge >= 0.3 is 6.18 Å². The van der Waals surface area contributed by atoms with Crippen LogP contribution in [0.25, 0.3) is 0 Å². The summed E-state index contributed by atoms with van der Waals surface area (Å²) in [7, 11) is 0. The highest BCUT2D eigenvalue weighted by Crippen LogP contribution is 2.34. The second-order valence-corrected chi connectivity index (χ2v) is 4.89. The van der Waals surface area contributed by atoms with E-state index in [0.29, 0.717) is 10.2 Å². The number of nitrogens with two attached hydrogens (primary N) is 1. The average Bonchev–Trinajstić information content (AvgIpc) is 2.30. The second-order valence-electron chi connectivity index (χ2n) is 4.03. The molecular formula is C11H13BrF3N3O. The molecule has 4 nitrogen and oxygen atoms in total. The van der Waals surface area contributed by atoms with Crippen molar-refractivity contribution in [3.05, 3.63) is 28.2 Å². The molecule has 1 atom stereocenters. The summed E-state index contributed by atoms with van der Waals surface area (Å²) in [6.07, 6.45) is -4.19. The number of halogens is 4. The van der Waals surface area contributed by atoms with E-state index in [-0.39, 0.29) is 18.3 Å². The molecule has 106 valence electrons. The summed E-state index contributed by atoms with van der Waals surface area (Å²) in [4.78, 5) is 0. The smallest absolute Gasteiger partial charge is 0.409 e. The van der Waals surface area contributed by atoms with E-state index in [4.69, 9.17) is 10.9 Å². The molecule has 4 N–H and O–H groups in total. The van der Waals surface area contributed by atoms with Gasteiger partial charge in [-0.3, -0.25) is 0 Å². The number of oxime groups is 1. The monoisotopic (exact) mass is 339 g/mol. The predicted molar refractivity (Wildman–Crippen MR) is 70.3 cm³/mol. The van der Waals surface area contributed by atoms with Crippen LogP contribution < -0.4 is 11.1 Å². The Labute approximate surface area is 116 Å². The first-order valence-corrected chi connectivity index (χ1v) is 6.13. The molecule has 0 saturated heterocycles. The van der Waals surface area contributed by atoms with Crippen LogP contribution in [0.15, 0.2) is 27.8 Å². The summed E-state index contributed by atoms with van der Waals surface area (Å²) in [5, 5.41) is 14.1. The number of alkyl halides is 3. The van der Waals surface area contributed by atoms with Gasteiger partial charge in [-0.2, -0.15) is 13.2 Å². The van der Waals surface area contributed by atoms with Gasteiger partial charge in [0.2, 0.25) is 0 Å². The van der Waals surface area contributed by atoms with Crippen LogP contribution in [-0.4, -0.2) is 17.1 Å². The van der Waals surface area contributed by atoms with E-state index in [0.717, 1.165) is 12.1 Å². The van der Waals surface area contributed by atoms with Crippen molar-refractivity contribution in [3.63, 3.8) is 0 Å². The molecule has 0 saturated carbocycles. The van der Waals surface area contributed by atoms with Crippen LogP contribution in [0.1, 0.15) is 18.9 Å². The number of hydrogen-bond acceptors (Lipinski definition) is 3. The average molecular weight is 340 g/mol. The molecular weight excluding hydrogens is 327 g/mol. The first kappa shape index (κ1) is 15.6. The molecule has 1 aromatic rings. The summed E-state index contributed by atoms with van der Waals surface area (Å²) in [5.41, 5.74) is 4.89. The number of benzene rings is 1. The fourth-order valence-corrected chi connectivity index (χ4v) is 1.84. The normalized spacial score (nSPS) is 14.3. The van der Waals surface area contributed by atoms with Gasteiger partial charge in [-0.25, -0.2) is 0 Å². The fourth-order valence-electron chi connectivity index (χ4n) is 1.48. The van der Waals surface area contributed by atoms with E-state index in [1.54, 1.807) is 6.92 Å². The minimum atomic E-state index is -4.40. The summed E-state index contributed by atoms with van der Waals surface area (Å²) in [6, 6.07) is 3.04. The Bertz CT molecular complexity index is 477. The van der Waals surface area contributed by atoms with Crippen molar-refractivity contribution < 1.29 is 18.4 Å². The SMILES string of the molecule is CC(C/C(N)=N/O)Nc1cc(C(F)(F)F)ccc1Br. The molecule has 0 fully saturated rings. The van der Waals surface area contributed by atoms with Crippen molar-refractivity contribution in [2.75, 3.05) is 5.32 Å². The molecule has 0 bridgehead atoms. The van der Waals surface area contributed by atoms with Crippen LogP contribution in [0.3, 0.4) is 0 Å². The first-order valence-electron chi connectivity index (χ1n) is 5.33. The molecule has 1 unspecified atom stereocenters. The summed E-state index contributed by atoms with van der Waals surface area (Å²) < 4.78 is 38.3. The molecule has 0 aromatic heterocycles. The van der Waals surface area contributed by atoms with E-state index in [1.165, 1.54) is 6.07 Å². The molecule has 1 aromatic carbocycles. The summed E-state index contributed by atoms with van der Waals surface area (Å²) in [5.74, 6) is 0.00287. The van der Waals surface area contributed by atoms with Gasteiger partial charge in [-0.15, -0.1) is 0 Å². The maximum atomic E-state index is 12.6. The van der Waals surface area contributed by atoms with E-state index in [1.807, 2.05) is 0 Å². The zero-order chi connectivity index (χ0) is 14.6. The van der Waals surface area contributed by atoms with Gasteiger partial charge in [0, 0.05) is 22.6 Å². The van der Waals surface area contributed by atoms with Gasteiger partial charge in [0.1, 0.15) is 5.84 Å². The topological polar surface area (TPSA) is 70.6 Å². The van der Waals surface area contributed by atoms with Crippen molar-refractivity contribution in [2.24, 2.45) is 10.9 Å². The highest BCUT2D eigenvalue weighted by atomic mass is 79.9. The minimum absolute atomic E-state index is 0.00287. The van der Waals surface area contributed by atoms with Crippen molar-refractivity contribution in [3.8, 4) is 0 Å². The van der Waals surface area contributed by atoms with E-state index >= 15 is 0 Å². The third kappa shape index (κ3) is 4.62. The zero-order valence-corrected chi connectivity index (χ0v) is 11.6. The molecule has 8 heteroatoms. The Morgan fingerprint density at radius 3 is 2.68 bits per heavy atom. The quantitative estimate of drug-likeness (QED) is 0.340. The third-order valence-electron chi connectivity index (χ3n) is 2.34. The minimum Gasteiger partial charge on any atom is -0.409 e. The molecule has 0 radical (unpaired) electrons. The van der Waals surface area contributed by atoms with Crippen LogP contribution in [0.5, 0.6) is 0 Å².